The van der Waals surface area contributed by atoms with Crippen LogP contribution in [0.3, 0.4) is 0 Å². The quantitative estimate of drug-likeness (QED) is 0.304. The zero-order valence-corrected chi connectivity index (χ0v) is 16.9. The van der Waals surface area contributed by atoms with Gasteiger partial charge in [-0.05, 0) is 47.3 Å². The molecule has 2 rings (SSSR count). The number of nitrogens with two attached hydrogens (primary N) is 1. The van der Waals surface area contributed by atoms with E-state index in [2.05, 4.69) is 20.8 Å². The van der Waals surface area contributed by atoms with Crippen LogP contribution in [-0.2, 0) is 17.8 Å². The lowest BCUT2D eigenvalue weighted by molar-refractivity contribution is -0.121. The molecule has 0 saturated heterocycles. The summed E-state index contributed by atoms with van der Waals surface area (Å²) >= 11 is 5.85. The number of nitrogens with one attached hydrogen (secondary N) is 1. The summed E-state index contributed by atoms with van der Waals surface area (Å²) in [6.07, 6.45) is 2.93. The van der Waals surface area contributed by atoms with E-state index in [0.29, 0.717) is 49.4 Å². The predicted octanol–water partition coefficient (Wildman–Crippen LogP) is 0.750. The molecule has 0 aliphatic heterocycles. The summed E-state index contributed by atoms with van der Waals surface area (Å²) < 4.78 is 1.39. The van der Waals surface area contributed by atoms with Crippen molar-refractivity contribution in [3.8, 4) is 0 Å². The molecular formula is C16H25BCl2N6O3. The number of rotatable bonds is 11. The number of carbonyl (C=O) groups excluding carboxylic acids is 1. The minimum atomic E-state index is -1.30. The molecule has 0 saturated carbocycles. The Balaban J connectivity index is 0.00000392. The second-order valence-electron chi connectivity index (χ2n) is 6.29. The standard InChI is InChI=1S/C16H24BClN6O3.ClH/c18-13-6-4-12(5-7-13)8-10-20-15(25)11-24-16(21-22-23-24)14(19)3-1-2-9-17(26)27;/h4-7,14,26-27H,1-3,8-11,19H2,(H,20,25);1H. The molecule has 1 aromatic heterocycles. The third kappa shape index (κ3) is 8.53. The lowest BCUT2D eigenvalue weighted by Crippen LogP contribution is -2.31. The first kappa shape index (κ1) is 24.3. The first-order chi connectivity index (χ1) is 13.0. The normalized spacial score (nSPS) is 11.6. The van der Waals surface area contributed by atoms with E-state index in [4.69, 9.17) is 27.4 Å². The van der Waals surface area contributed by atoms with E-state index in [-0.39, 0.29) is 24.9 Å². The number of benzene rings is 1. The van der Waals surface area contributed by atoms with E-state index in [1.54, 1.807) is 0 Å². The van der Waals surface area contributed by atoms with Gasteiger partial charge in [0.1, 0.15) is 6.54 Å². The smallest absolute Gasteiger partial charge is 0.427 e. The maximum atomic E-state index is 12.1. The van der Waals surface area contributed by atoms with Crippen molar-refractivity contribution in [2.45, 2.75) is 44.6 Å². The maximum Gasteiger partial charge on any atom is 0.451 e. The van der Waals surface area contributed by atoms with Crippen LogP contribution in [0.15, 0.2) is 24.3 Å². The van der Waals surface area contributed by atoms with Crippen molar-refractivity contribution in [3.63, 3.8) is 0 Å². The van der Waals surface area contributed by atoms with E-state index in [1.165, 1.54) is 4.68 Å². The largest absolute Gasteiger partial charge is 0.451 e. The average Bonchev–Trinajstić information content (AvgIpc) is 3.08. The third-order valence-electron chi connectivity index (χ3n) is 4.06. The molecule has 0 radical (unpaired) electrons. The van der Waals surface area contributed by atoms with Gasteiger partial charge >= 0.3 is 7.12 Å². The van der Waals surface area contributed by atoms with Crippen molar-refractivity contribution in [3.05, 3.63) is 40.7 Å². The van der Waals surface area contributed by atoms with Gasteiger partial charge in [-0.25, -0.2) is 4.68 Å². The molecule has 1 heterocycles. The highest BCUT2D eigenvalue weighted by molar-refractivity contribution is 6.40. The van der Waals surface area contributed by atoms with Crippen LogP contribution >= 0.6 is 24.0 Å². The van der Waals surface area contributed by atoms with Gasteiger partial charge in [-0.1, -0.05) is 36.6 Å². The fraction of sp³-hybridized carbons (Fsp3) is 0.500. The highest BCUT2D eigenvalue weighted by Crippen LogP contribution is 2.15. The first-order valence-electron chi connectivity index (χ1n) is 8.84. The number of aromatic nitrogens is 4. The maximum absolute atomic E-state index is 12.1. The lowest BCUT2D eigenvalue weighted by atomic mass is 9.83. The monoisotopic (exact) mass is 430 g/mol. The minimum Gasteiger partial charge on any atom is -0.427 e. The molecule has 1 amide bonds. The van der Waals surface area contributed by atoms with Crippen LogP contribution in [0, 0.1) is 0 Å². The van der Waals surface area contributed by atoms with Gasteiger partial charge in [0.25, 0.3) is 0 Å². The summed E-state index contributed by atoms with van der Waals surface area (Å²) in [5, 5.41) is 32.5. The molecule has 12 heteroatoms. The first-order valence-corrected chi connectivity index (χ1v) is 9.22. The van der Waals surface area contributed by atoms with E-state index in [0.717, 1.165) is 5.56 Å². The number of halogens is 2. The molecule has 0 aliphatic rings. The second kappa shape index (κ2) is 12.7. The Bertz CT molecular complexity index is 717. The summed E-state index contributed by atoms with van der Waals surface area (Å²) in [4.78, 5) is 12.1. The van der Waals surface area contributed by atoms with Crippen LogP contribution in [0.4, 0.5) is 0 Å². The number of unbranched alkanes of at least 4 members (excludes halogenated alkanes) is 1. The Morgan fingerprint density at radius 1 is 1.29 bits per heavy atom. The van der Waals surface area contributed by atoms with Crippen LogP contribution in [0.1, 0.15) is 36.7 Å². The Hall–Kier alpha value is -1.72. The Morgan fingerprint density at radius 2 is 2.00 bits per heavy atom. The molecule has 9 nitrogen and oxygen atoms in total. The van der Waals surface area contributed by atoms with E-state index >= 15 is 0 Å². The summed E-state index contributed by atoms with van der Waals surface area (Å²) in [5.74, 6) is 0.237. The Labute approximate surface area is 175 Å². The number of tetrazole rings is 1. The van der Waals surface area contributed by atoms with Crippen LogP contribution in [0.5, 0.6) is 0 Å². The van der Waals surface area contributed by atoms with Gasteiger partial charge < -0.3 is 21.1 Å². The molecule has 5 N–H and O–H groups in total. The summed E-state index contributed by atoms with van der Waals surface area (Å²) in [7, 11) is -1.30. The highest BCUT2D eigenvalue weighted by atomic mass is 35.5. The lowest BCUT2D eigenvalue weighted by Gasteiger charge is -2.12. The van der Waals surface area contributed by atoms with Crippen molar-refractivity contribution >= 4 is 37.0 Å². The molecule has 1 unspecified atom stereocenters. The van der Waals surface area contributed by atoms with Crippen molar-refractivity contribution in [1.29, 1.82) is 0 Å². The number of hydrogen-bond acceptors (Lipinski definition) is 7. The van der Waals surface area contributed by atoms with Crippen molar-refractivity contribution < 1.29 is 14.8 Å². The van der Waals surface area contributed by atoms with Gasteiger partial charge in [0.05, 0.1) is 6.04 Å². The summed E-state index contributed by atoms with van der Waals surface area (Å²) in [6.45, 7) is 0.486. The van der Waals surface area contributed by atoms with Crippen LogP contribution in [-0.4, -0.2) is 49.8 Å². The Kier molecular flexibility index (Phi) is 11.0. The highest BCUT2D eigenvalue weighted by Gasteiger charge is 2.17. The molecule has 0 fully saturated rings. The number of hydrogen-bond donors (Lipinski definition) is 4. The molecule has 0 bridgehead atoms. The van der Waals surface area contributed by atoms with Crippen molar-refractivity contribution in [2.75, 3.05) is 6.54 Å². The van der Waals surface area contributed by atoms with Gasteiger partial charge in [-0.3, -0.25) is 4.79 Å². The van der Waals surface area contributed by atoms with Gasteiger partial charge in [-0.15, -0.1) is 17.5 Å². The molecule has 154 valence electrons. The van der Waals surface area contributed by atoms with Gasteiger partial charge in [0.15, 0.2) is 5.82 Å². The molecular weight excluding hydrogens is 406 g/mol. The SMILES string of the molecule is Cl.NC(CCCCB(O)O)c1nnnn1CC(=O)NCCc1ccc(Cl)cc1. The van der Waals surface area contributed by atoms with E-state index < -0.39 is 13.2 Å². The van der Waals surface area contributed by atoms with Crippen LogP contribution < -0.4 is 11.1 Å². The number of amides is 1. The number of carbonyl (C=O) groups is 1. The molecule has 1 aromatic carbocycles. The van der Waals surface area contributed by atoms with Gasteiger partial charge in [0, 0.05) is 11.6 Å². The Morgan fingerprint density at radius 3 is 2.68 bits per heavy atom. The van der Waals surface area contributed by atoms with E-state index in [1.807, 2.05) is 24.3 Å². The molecule has 28 heavy (non-hydrogen) atoms. The van der Waals surface area contributed by atoms with Crippen LogP contribution in [0.25, 0.3) is 0 Å². The topological polar surface area (TPSA) is 139 Å². The fourth-order valence-electron chi connectivity index (χ4n) is 2.60. The zero-order valence-electron chi connectivity index (χ0n) is 15.4. The molecule has 0 spiro atoms. The number of nitrogens with zero attached hydrogens (tertiary/aromatic N) is 4. The van der Waals surface area contributed by atoms with Crippen LogP contribution in [0.2, 0.25) is 11.3 Å². The predicted molar refractivity (Wildman–Crippen MR) is 109 cm³/mol. The van der Waals surface area contributed by atoms with Crippen molar-refractivity contribution in [1.82, 2.24) is 25.5 Å². The second-order valence-corrected chi connectivity index (χ2v) is 6.73. The minimum absolute atomic E-state index is 0. The molecule has 0 aliphatic carbocycles. The van der Waals surface area contributed by atoms with Crippen molar-refractivity contribution in [2.24, 2.45) is 5.73 Å². The van der Waals surface area contributed by atoms with Gasteiger partial charge in [-0.2, -0.15) is 0 Å². The van der Waals surface area contributed by atoms with E-state index in [9.17, 15) is 4.79 Å². The summed E-state index contributed by atoms with van der Waals surface area (Å²) in [6, 6.07) is 7.05. The fourth-order valence-corrected chi connectivity index (χ4v) is 2.73. The van der Waals surface area contributed by atoms with Gasteiger partial charge in [0.2, 0.25) is 5.91 Å². The zero-order chi connectivity index (χ0) is 19.6. The summed E-state index contributed by atoms with van der Waals surface area (Å²) in [5.41, 5.74) is 7.17. The molecule has 2 aromatic rings. The molecule has 1 atom stereocenters. The average molecular weight is 431 g/mol. The third-order valence-corrected chi connectivity index (χ3v) is 4.31.